The Hall–Kier alpha value is -4.04. The van der Waals surface area contributed by atoms with Crippen molar-refractivity contribution in [1.82, 2.24) is 20.4 Å². The Labute approximate surface area is 199 Å². The number of fused-ring (bicyclic) bond motifs is 4. The fraction of sp³-hybridized carbons (Fsp3) is 0.160. The molecule has 0 fully saturated rings. The van der Waals surface area contributed by atoms with Gasteiger partial charge >= 0.3 is 0 Å². The molecule has 4 aromatic rings. The van der Waals surface area contributed by atoms with Crippen molar-refractivity contribution < 1.29 is 19.1 Å². The molecule has 9 heteroatoms. The minimum absolute atomic E-state index is 0.00205. The van der Waals surface area contributed by atoms with E-state index in [1.165, 1.54) is 13.2 Å². The van der Waals surface area contributed by atoms with E-state index in [1.54, 1.807) is 30.3 Å². The Morgan fingerprint density at radius 2 is 1.68 bits per heavy atom. The van der Waals surface area contributed by atoms with Gasteiger partial charge in [0, 0.05) is 21.9 Å². The molecule has 0 spiro atoms. The average Bonchev–Trinajstić information content (AvgIpc) is 3.08. The van der Waals surface area contributed by atoms with Gasteiger partial charge in [-0.25, -0.2) is 4.98 Å². The molecule has 8 nitrogen and oxygen atoms in total. The Kier molecular flexibility index (Phi) is 5.17. The summed E-state index contributed by atoms with van der Waals surface area (Å²) in [5.41, 5.74) is 4.32. The molecular weight excluding hydrogens is 456 g/mol. The molecule has 0 saturated carbocycles. The number of aromatic nitrogens is 2. The first-order valence-corrected chi connectivity index (χ1v) is 10.9. The number of hydrogen-bond acceptors (Lipinski definition) is 6. The summed E-state index contributed by atoms with van der Waals surface area (Å²) in [6.07, 6.45) is 0. The third-order valence-corrected chi connectivity index (χ3v) is 5.93. The topological polar surface area (TPSA) is 101 Å². The molecule has 170 valence electrons. The first-order valence-electron chi connectivity index (χ1n) is 10.6. The van der Waals surface area contributed by atoms with E-state index in [0.717, 1.165) is 5.39 Å². The van der Waals surface area contributed by atoms with E-state index in [0.29, 0.717) is 37.9 Å². The number of carbonyl (C=O) groups is 3. The van der Waals surface area contributed by atoms with E-state index >= 15 is 0 Å². The third kappa shape index (κ3) is 3.34. The van der Waals surface area contributed by atoms with Crippen LogP contribution in [0.15, 0.2) is 48.5 Å². The summed E-state index contributed by atoms with van der Waals surface area (Å²) in [7, 11) is 1.49. The molecular formula is C25H19ClN4O4. The molecule has 34 heavy (non-hydrogen) atoms. The van der Waals surface area contributed by atoms with Gasteiger partial charge in [0.25, 0.3) is 17.7 Å². The van der Waals surface area contributed by atoms with Crippen LogP contribution in [0.2, 0.25) is 5.02 Å². The number of methoxy groups -OCH3 is 1. The highest BCUT2D eigenvalue weighted by Gasteiger charge is 2.42. The summed E-state index contributed by atoms with van der Waals surface area (Å²) >= 11 is 6.16. The van der Waals surface area contributed by atoms with Crippen molar-refractivity contribution in [3.05, 3.63) is 76.1 Å². The normalized spacial score (nSPS) is 13.1. The van der Waals surface area contributed by atoms with Gasteiger partial charge in [-0.3, -0.25) is 24.8 Å². The van der Waals surface area contributed by atoms with Gasteiger partial charge in [-0.1, -0.05) is 37.6 Å². The number of hydrogen-bond donors (Lipinski definition) is 1. The molecule has 2 aromatic carbocycles. The zero-order chi connectivity index (χ0) is 24.1. The lowest BCUT2D eigenvalue weighted by Crippen LogP contribution is -2.46. The van der Waals surface area contributed by atoms with Gasteiger partial charge in [-0.05, 0) is 36.2 Å². The van der Waals surface area contributed by atoms with E-state index in [9.17, 15) is 14.4 Å². The number of nitrogens with one attached hydrogen (secondary N) is 1. The fourth-order valence-electron chi connectivity index (χ4n) is 4.12. The number of halogens is 1. The second-order valence-corrected chi connectivity index (χ2v) is 8.61. The van der Waals surface area contributed by atoms with E-state index in [2.05, 4.69) is 15.4 Å². The van der Waals surface area contributed by atoms with Crippen molar-refractivity contribution in [2.45, 2.75) is 19.8 Å². The number of para-hydroxylation sites is 1. The highest BCUT2D eigenvalue weighted by atomic mass is 35.5. The van der Waals surface area contributed by atoms with Crippen molar-refractivity contribution in [3.8, 4) is 5.75 Å². The molecule has 1 aliphatic heterocycles. The SMILES string of the molecule is COc1cc(C(=O)NN2C(=O)c3c(C(C)C)nc4ccc(Cl)cc4c3C2=O)nc2ccccc12. The van der Waals surface area contributed by atoms with Gasteiger partial charge < -0.3 is 4.74 Å². The van der Waals surface area contributed by atoms with Crippen LogP contribution in [-0.4, -0.2) is 39.8 Å². The Bertz CT molecular complexity index is 1530. The number of amides is 3. The van der Waals surface area contributed by atoms with Gasteiger partial charge in [0.1, 0.15) is 11.4 Å². The monoisotopic (exact) mass is 474 g/mol. The van der Waals surface area contributed by atoms with Crippen LogP contribution in [0.1, 0.15) is 56.7 Å². The maximum atomic E-state index is 13.4. The average molecular weight is 475 g/mol. The van der Waals surface area contributed by atoms with Crippen LogP contribution < -0.4 is 10.2 Å². The number of hydrazine groups is 1. The van der Waals surface area contributed by atoms with E-state index in [1.807, 2.05) is 26.0 Å². The highest BCUT2D eigenvalue weighted by Crippen LogP contribution is 2.35. The number of pyridine rings is 2. The minimum atomic E-state index is -0.722. The van der Waals surface area contributed by atoms with Gasteiger partial charge in [-0.15, -0.1) is 0 Å². The maximum absolute atomic E-state index is 13.4. The highest BCUT2D eigenvalue weighted by molar-refractivity contribution is 6.32. The van der Waals surface area contributed by atoms with Crippen molar-refractivity contribution >= 4 is 51.1 Å². The number of imide groups is 1. The number of nitrogens with zero attached hydrogens (tertiary/aromatic N) is 3. The van der Waals surface area contributed by atoms with Gasteiger partial charge in [0.15, 0.2) is 0 Å². The standard InChI is InChI=1S/C25H19ClN4O4/c1-12(2)22-21-20(15-10-13(26)8-9-17(15)28-22)24(32)30(25(21)33)29-23(31)18-11-19(34-3)14-6-4-5-7-16(14)27-18/h4-12H,1-3H3,(H,29,31). The summed E-state index contributed by atoms with van der Waals surface area (Å²) in [5, 5.41) is 2.30. The number of benzene rings is 2. The Morgan fingerprint density at radius 1 is 0.971 bits per heavy atom. The van der Waals surface area contributed by atoms with Crippen LogP contribution >= 0.6 is 11.6 Å². The first-order chi connectivity index (χ1) is 16.3. The van der Waals surface area contributed by atoms with Crippen molar-refractivity contribution in [2.24, 2.45) is 0 Å². The summed E-state index contributed by atoms with van der Waals surface area (Å²) < 4.78 is 5.39. The van der Waals surface area contributed by atoms with Crippen molar-refractivity contribution in [3.63, 3.8) is 0 Å². The lowest BCUT2D eigenvalue weighted by molar-refractivity contribution is 0.0516. The van der Waals surface area contributed by atoms with Crippen molar-refractivity contribution in [1.29, 1.82) is 0 Å². The van der Waals surface area contributed by atoms with Crippen LogP contribution in [0.3, 0.4) is 0 Å². The smallest absolute Gasteiger partial charge is 0.289 e. The van der Waals surface area contributed by atoms with Gasteiger partial charge in [-0.2, -0.15) is 5.01 Å². The predicted molar refractivity (Wildman–Crippen MR) is 127 cm³/mol. The van der Waals surface area contributed by atoms with Crippen LogP contribution in [-0.2, 0) is 0 Å². The second kappa shape index (κ2) is 8.07. The van der Waals surface area contributed by atoms with E-state index in [4.69, 9.17) is 16.3 Å². The zero-order valence-electron chi connectivity index (χ0n) is 18.5. The van der Waals surface area contributed by atoms with Gasteiger partial charge in [0.05, 0.1) is 35.0 Å². The summed E-state index contributed by atoms with van der Waals surface area (Å²) in [4.78, 5) is 48.8. The molecule has 0 unspecified atom stereocenters. The predicted octanol–water partition coefficient (Wildman–Crippen LogP) is 4.51. The maximum Gasteiger partial charge on any atom is 0.289 e. The molecule has 1 aliphatic rings. The molecule has 1 N–H and O–H groups in total. The lowest BCUT2D eigenvalue weighted by Gasteiger charge is -2.16. The number of rotatable bonds is 4. The van der Waals surface area contributed by atoms with Crippen LogP contribution in [0.25, 0.3) is 21.8 Å². The molecule has 3 amide bonds. The molecule has 2 aromatic heterocycles. The Balaban J connectivity index is 1.57. The summed E-state index contributed by atoms with van der Waals surface area (Å²) in [6.45, 7) is 3.77. The molecule has 0 atom stereocenters. The molecule has 3 heterocycles. The first kappa shape index (κ1) is 21.8. The van der Waals surface area contributed by atoms with Gasteiger partial charge in [0.2, 0.25) is 0 Å². The molecule has 5 rings (SSSR count). The second-order valence-electron chi connectivity index (χ2n) is 8.18. The fourth-order valence-corrected chi connectivity index (χ4v) is 4.29. The molecule has 0 aliphatic carbocycles. The van der Waals surface area contributed by atoms with Crippen LogP contribution in [0.4, 0.5) is 0 Å². The van der Waals surface area contributed by atoms with Crippen molar-refractivity contribution in [2.75, 3.05) is 7.11 Å². The zero-order valence-corrected chi connectivity index (χ0v) is 19.3. The minimum Gasteiger partial charge on any atom is -0.496 e. The lowest BCUT2D eigenvalue weighted by atomic mass is 9.97. The molecule has 0 saturated heterocycles. The van der Waals surface area contributed by atoms with E-state index in [-0.39, 0.29) is 22.7 Å². The quantitative estimate of drug-likeness (QED) is 0.437. The third-order valence-electron chi connectivity index (χ3n) is 5.70. The summed E-state index contributed by atoms with van der Waals surface area (Å²) in [5.74, 6) is -1.71. The van der Waals surface area contributed by atoms with Crippen LogP contribution in [0.5, 0.6) is 5.75 Å². The summed E-state index contributed by atoms with van der Waals surface area (Å²) in [6, 6.07) is 13.6. The van der Waals surface area contributed by atoms with Crippen LogP contribution in [0, 0.1) is 0 Å². The largest absolute Gasteiger partial charge is 0.496 e. The number of carbonyl (C=O) groups excluding carboxylic acids is 3. The Morgan fingerprint density at radius 3 is 2.41 bits per heavy atom. The molecule has 0 radical (unpaired) electrons. The van der Waals surface area contributed by atoms with E-state index < -0.39 is 17.7 Å². The number of ether oxygens (including phenoxy) is 1. The molecule has 0 bridgehead atoms.